The molecule has 14 rings (SSSR count). The number of halogens is 6. The number of hydrogen-bond acceptors (Lipinski definition) is 17. The monoisotopic (exact) mass is 1780 g/mol. The molecule has 694 valence electrons. The van der Waals surface area contributed by atoms with E-state index in [2.05, 4.69) is 13.8 Å². The molecule has 23 heteroatoms. The Morgan fingerprint density at radius 1 is 0.188 bits per heavy atom. The lowest BCUT2D eigenvalue weighted by Gasteiger charge is -2.12. The van der Waals surface area contributed by atoms with Crippen molar-refractivity contribution in [1.29, 1.82) is 0 Å². The molecule has 17 nitrogen and oxygen atoms in total. The van der Waals surface area contributed by atoms with Crippen LogP contribution in [0.1, 0.15) is 218 Å². The van der Waals surface area contributed by atoms with Crippen molar-refractivity contribution >= 4 is 43.1 Å². The fraction of sp³-hybridized carbons (Fsp3) is 0.276. The van der Waals surface area contributed by atoms with Crippen LogP contribution in [0.2, 0.25) is 0 Å². The van der Waals surface area contributed by atoms with Gasteiger partial charge in [-0.2, -0.15) is 26.3 Å². The molecule has 0 heterocycles. The largest absolute Gasteiger partial charge is 0.508 e. The first-order chi connectivity index (χ1) is 60.3. The Bertz CT molecular complexity index is 4960. The lowest BCUT2D eigenvalue weighted by molar-refractivity contribution is -0.138. The fourth-order valence-corrected chi connectivity index (χ4v) is 11.1. The highest BCUT2D eigenvalue weighted by atomic mass is 19.4. The Morgan fingerprint density at radius 3 is 0.633 bits per heavy atom. The van der Waals surface area contributed by atoms with Gasteiger partial charge in [-0.1, -0.05) is 277 Å². The molecule has 0 amide bonds. The lowest BCUT2D eigenvalue weighted by Crippen LogP contribution is -2.06. The second kappa shape index (κ2) is 57.7. The molecule has 0 aromatic heterocycles. The minimum atomic E-state index is -4.24. The second-order valence-electron chi connectivity index (χ2n) is 28.6. The van der Waals surface area contributed by atoms with Crippen molar-refractivity contribution in [3.63, 3.8) is 0 Å². The second-order valence-corrected chi connectivity index (χ2v) is 28.6. The summed E-state index contributed by atoms with van der Waals surface area (Å²) < 4.78 is 74.5. The zero-order valence-corrected chi connectivity index (χ0v) is 77.0. The van der Waals surface area contributed by atoms with Crippen LogP contribution < -0.4 is 0 Å². The standard InChI is InChI=1S/2C11H13F3.4C10H8O2.C9H12O3.C9H12O2.C9H12O.C6H6O3.5C2H6/c2*1-7(2)9-4-8(3)5-10(6-9)11(12,13)14;4*11-9-5-1-3-7-8(9)4-2-6-10(7)12;1-5(2)6-3-8(11)9(12)4-7(6)10;1-6(2)7-3-4-8(10)9(11)5-7;1-7(2)8-3-5-9(10)6-4-8;7-4-1-5(8)3-6(9)2-4;5*1-2/h2*4-7H,1-3H3;4*1-6,11-12H;3-5,10-12H,1-2H3;3-6,10-11H,1-2H3;3-7,10H,1-2H3;1-3,7-9H;5*1-2H3. The van der Waals surface area contributed by atoms with Gasteiger partial charge < -0.3 is 86.8 Å². The van der Waals surface area contributed by atoms with Crippen LogP contribution in [0.25, 0.3) is 43.1 Å². The van der Waals surface area contributed by atoms with Crippen LogP contribution in [0, 0.1) is 13.8 Å². The highest BCUT2D eigenvalue weighted by Gasteiger charge is 2.32. The van der Waals surface area contributed by atoms with Crippen LogP contribution >= 0.6 is 0 Å². The van der Waals surface area contributed by atoms with Crippen molar-refractivity contribution in [1.82, 2.24) is 0 Å². The van der Waals surface area contributed by atoms with Gasteiger partial charge in [-0.25, -0.2) is 0 Å². The Morgan fingerprint density at radius 2 is 0.414 bits per heavy atom. The molecule has 0 aliphatic carbocycles. The molecule has 0 bridgehead atoms. The summed E-state index contributed by atoms with van der Waals surface area (Å²) >= 11 is 0. The maximum Gasteiger partial charge on any atom is 0.416 e. The summed E-state index contributed by atoms with van der Waals surface area (Å²) in [5, 5.41) is 161. The third-order valence-corrected chi connectivity index (χ3v) is 17.6. The highest BCUT2D eigenvalue weighted by molar-refractivity contribution is 5.95. The first kappa shape index (κ1) is 114. The van der Waals surface area contributed by atoms with E-state index < -0.39 is 23.5 Å². The number of phenolic OH excluding ortho intramolecular Hbond substituents is 17. The Balaban J connectivity index is 0.00000139. The van der Waals surface area contributed by atoms with Crippen molar-refractivity contribution in [3.05, 3.63) is 305 Å². The summed E-state index contributed by atoms with van der Waals surface area (Å²) in [5.41, 5.74) is 4.59. The third kappa shape index (κ3) is 38.8. The predicted molar refractivity (Wildman–Crippen MR) is 509 cm³/mol. The summed E-state index contributed by atoms with van der Waals surface area (Å²) in [7, 11) is 0. The Labute approximate surface area is 749 Å². The first-order valence-electron chi connectivity index (χ1n) is 42.0. The van der Waals surface area contributed by atoms with Gasteiger partial charge in [0.25, 0.3) is 0 Å². The summed E-state index contributed by atoms with van der Waals surface area (Å²) in [6, 6.07) is 67.1. The molecule has 0 unspecified atom stereocenters. The molecule has 0 spiro atoms. The Hall–Kier alpha value is -13.7. The van der Waals surface area contributed by atoms with Gasteiger partial charge in [0.1, 0.15) is 74.7 Å². The van der Waals surface area contributed by atoms with Crippen LogP contribution in [0.15, 0.2) is 255 Å². The van der Waals surface area contributed by atoms with Gasteiger partial charge in [0.15, 0.2) is 23.0 Å². The molecule has 14 aromatic rings. The molecular weight excluding hydrogens is 1650 g/mol. The molecule has 0 atom stereocenters. The molecule has 128 heavy (non-hydrogen) atoms. The molecule has 0 saturated heterocycles. The van der Waals surface area contributed by atoms with E-state index >= 15 is 0 Å². The van der Waals surface area contributed by atoms with Crippen LogP contribution in [-0.4, -0.2) is 86.8 Å². The molecule has 0 fully saturated rings. The molecule has 0 saturated carbocycles. The van der Waals surface area contributed by atoms with E-state index in [1.165, 1.54) is 42.0 Å². The minimum Gasteiger partial charge on any atom is -0.508 e. The van der Waals surface area contributed by atoms with Crippen molar-refractivity contribution < 1.29 is 113 Å². The fourth-order valence-electron chi connectivity index (χ4n) is 11.1. The summed E-state index contributed by atoms with van der Waals surface area (Å²) in [4.78, 5) is 0. The van der Waals surface area contributed by atoms with Gasteiger partial charge in [0.05, 0.1) is 11.1 Å². The predicted octanol–water partition coefficient (Wildman–Crippen LogP) is 29.9. The van der Waals surface area contributed by atoms with E-state index in [1.54, 1.807) is 196 Å². The van der Waals surface area contributed by atoms with Gasteiger partial charge in [-0.3, -0.25) is 0 Å². The number of fused-ring (bicyclic) bond motifs is 4. The van der Waals surface area contributed by atoms with Crippen LogP contribution in [0.4, 0.5) is 26.3 Å². The number of rotatable bonds is 5. The van der Waals surface area contributed by atoms with Gasteiger partial charge in [-0.15, -0.1) is 0 Å². The van der Waals surface area contributed by atoms with Crippen LogP contribution in [-0.2, 0) is 12.4 Å². The zero-order chi connectivity index (χ0) is 98.2. The van der Waals surface area contributed by atoms with Crippen molar-refractivity contribution in [2.24, 2.45) is 0 Å². The summed E-state index contributed by atoms with van der Waals surface area (Å²) in [5.74, 6) is 2.18. The number of hydrogen-bond donors (Lipinski definition) is 17. The van der Waals surface area contributed by atoms with Crippen molar-refractivity contribution in [2.75, 3.05) is 0 Å². The highest BCUT2D eigenvalue weighted by Crippen LogP contribution is 2.39. The van der Waals surface area contributed by atoms with E-state index in [4.69, 9.17) is 40.9 Å². The van der Waals surface area contributed by atoms with Crippen LogP contribution in [0.5, 0.6) is 97.7 Å². The molecular formula is C105H130F6O17. The average Bonchev–Trinajstić information content (AvgIpc) is 0.819. The molecule has 17 N–H and O–H groups in total. The summed E-state index contributed by atoms with van der Waals surface area (Å²) in [6.07, 6.45) is -8.48. The van der Waals surface area contributed by atoms with Gasteiger partial charge in [-0.05, 0) is 169 Å². The van der Waals surface area contributed by atoms with E-state index in [0.29, 0.717) is 77.4 Å². The average molecular weight is 1780 g/mol. The number of aryl methyl sites for hydroxylation is 2. The lowest BCUT2D eigenvalue weighted by atomic mass is 9.98. The van der Waals surface area contributed by atoms with Crippen molar-refractivity contribution in [3.8, 4) is 97.7 Å². The zero-order valence-electron chi connectivity index (χ0n) is 77.0. The smallest absolute Gasteiger partial charge is 0.416 e. The maximum atomic E-state index is 12.4. The van der Waals surface area contributed by atoms with Crippen molar-refractivity contribution in [2.45, 2.75) is 194 Å². The van der Waals surface area contributed by atoms with E-state index in [0.717, 1.165) is 41.0 Å². The number of benzene rings is 14. The molecule has 0 aliphatic rings. The van der Waals surface area contributed by atoms with E-state index in [-0.39, 0.29) is 110 Å². The minimum absolute atomic E-state index is 0.0142. The quantitative estimate of drug-likeness (QED) is 0.0432. The van der Waals surface area contributed by atoms with E-state index in [1.807, 2.05) is 137 Å². The van der Waals surface area contributed by atoms with Gasteiger partial charge in [0, 0.05) is 72.9 Å². The molecule has 0 radical (unpaired) electrons. The maximum absolute atomic E-state index is 12.4. The molecule has 14 aromatic carbocycles. The van der Waals surface area contributed by atoms with Gasteiger partial charge in [0.2, 0.25) is 0 Å². The normalized spacial score (nSPS) is 10.1. The third-order valence-electron chi connectivity index (χ3n) is 17.6. The topological polar surface area (TPSA) is 344 Å². The SMILES string of the molecule is CC.CC.CC.CC.CC.CC(C)c1cc(O)c(O)cc1O.CC(C)c1ccc(O)c(O)c1.CC(C)c1ccc(O)cc1.Cc1cc(C(C)C)cc(C(F)(F)F)c1.Cc1cc(C(C)C)cc(C(F)(F)F)c1.Oc1cc(O)cc(O)c1.Oc1cccc2c(O)cccc12.Oc1cccc2c(O)cccc12.Oc1cccc2c(O)cccc12.Oc1cccc2c(O)cccc12. The number of phenols is 17. The Kier molecular flexibility index (Phi) is 51.6. The number of alkyl halides is 6. The first-order valence-corrected chi connectivity index (χ1v) is 42.0. The molecule has 0 aliphatic heterocycles. The van der Waals surface area contributed by atoms with Gasteiger partial charge >= 0.3 is 12.4 Å². The summed E-state index contributed by atoms with van der Waals surface area (Å²) in [6.45, 7) is 43.0. The van der Waals surface area contributed by atoms with E-state index in [9.17, 15) is 72.3 Å². The number of aromatic hydroxyl groups is 17. The van der Waals surface area contributed by atoms with Crippen LogP contribution in [0.3, 0.4) is 0 Å².